The molecule has 0 amide bonds. The Bertz CT molecular complexity index is 325. The summed E-state index contributed by atoms with van der Waals surface area (Å²) in [6.07, 6.45) is 2.03. The minimum Gasteiger partial charge on any atom is -0.381 e. The summed E-state index contributed by atoms with van der Waals surface area (Å²) in [6.45, 7) is 5.81. The van der Waals surface area contributed by atoms with Gasteiger partial charge in [0.05, 0.1) is 17.3 Å². The van der Waals surface area contributed by atoms with E-state index in [0.717, 1.165) is 31.7 Å². The summed E-state index contributed by atoms with van der Waals surface area (Å²) in [6, 6.07) is 0. The number of halogens is 1. The molecule has 0 N–H and O–H groups in total. The molecule has 0 aromatic carbocycles. The van der Waals surface area contributed by atoms with E-state index in [-0.39, 0.29) is 5.41 Å². The van der Waals surface area contributed by atoms with Crippen molar-refractivity contribution >= 4 is 22.9 Å². The van der Waals surface area contributed by atoms with Crippen molar-refractivity contribution in [1.82, 2.24) is 4.98 Å². The third-order valence-corrected chi connectivity index (χ3v) is 4.71. The first-order valence-corrected chi connectivity index (χ1v) is 6.57. The third kappa shape index (κ3) is 2.35. The van der Waals surface area contributed by atoms with Gasteiger partial charge in [0, 0.05) is 29.2 Å². The normalized spacial score (nSPS) is 26.1. The van der Waals surface area contributed by atoms with Crippen molar-refractivity contribution in [2.75, 3.05) is 19.1 Å². The van der Waals surface area contributed by atoms with Crippen molar-refractivity contribution < 1.29 is 4.74 Å². The quantitative estimate of drug-likeness (QED) is 0.764. The minimum atomic E-state index is 0.137. The standard InChI is InChI=1S/C11H16ClNOS/c1-8-9(2)15-10(13-8)5-11(6-12)3-4-14-7-11/h3-7H2,1-2H3. The van der Waals surface area contributed by atoms with E-state index in [2.05, 4.69) is 18.8 Å². The minimum absolute atomic E-state index is 0.137. The fourth-order valence-electron chi connectivity index (χ4n) is 1.88. The van der Waals surface area contributed by atoms with Gasteiger partial charge in [-0.25, -0.2) is 4.98 Å². The van der Waals surface area contributed by atoms with Crippen molar-refractivity contribution in [2.45, 2.75) is 26.7 Å². The van der Waals surface area contributed by atoms with Gasteiger partial charge < -0.3 is 4.74 Å². The summed E-state index contributed by atoms with van der Waals surface area (Å²) in [4.78, 5) is 5.88. The lowest BCUT2D eigenvalue weighted by molar-refractivity contribution is 0.161. The van der Waals surface area contributed by atoms with Crippen LogP contribution in [0.2, 0.25) is 0 Å². The summed E-state index contributed by atoms with van der Waals surface area (Å²) in [5.74, 6) is 0.671. The summed E-state index contributed by atoms with van der Waals surface area (Å²) in [7, 11) is 0. The second-order valence-corrected chi connectivity index (χ2v) is 5.92. The monoisotopic (exact) mass is 245 g/mol. The molecule has 1 aliphatic heterocycles. The number of aromatic nitrogens is 1. The lowest BCUT2D eigenvalue weighted by atomic mass is 9.86. The molecule has 0 aliphatic carbocycles. The molecule has 1 aromatic rings. The van der Waals surface area contributed by atoms with Crippen molar-refractivity contribution in [2.24, 2.45) is 5.41 Å². The maximum absolute atomic E-state index is 6.06. The molecular formula is C11H16ClNOS. The molecule has 1 atom stereocenters. The molecule has 15 heavy (non-hydrogen) atoms. The zero-order valence-electron chi connectivity index (χ0n) is 9.18. The lowest BCUT2D eigenvalue weighted by Gasteiger charge is -2.22. The highest BCUT2D eigenvalue weighted by Crippen LogP contribution is 2.35. The van der Waals surface area contributed by atoms with Crippen molar-refractivity contribution in [3.05, 3.63) is 15.6 Å². The number of rotatable bonds is 3. The molecule has 84 valence electrons. The molecule has 0 radical (unpaired) electrons. The van der Waals surface area contributed by atoms with Gasteiger partial charge in [-0.15, -0.1) is 22.9 Å². The van der Waals surface area contributed by atoms with Crippen LogP contribution in [0.1, 0.15) is 22.0 Å². The molecular weight excluding hydrogens is 230 g/mol. The van der Waals surface area contributed by atoms with E-state index in [4.69, 9.17) is 16.3 Å². The second-order valence-electron chi connectivity index (χ2n) is 4.36. The Morgan fingerprint density at radius 3 is 2.80 bits per heavy atom. The van der Waals surface area contributed by atoms with Crippen LogP contribution in [-0.4, -0.2) is 24.1 Å². The number of ether oxygens (including phenoxy) is 1. The fourth-order valence-corrected chi connectivity index (χ4v) is 3.29. The first kappa shape index (κ1) is 11.4. The summed E-state index contributed by atoms with van der Waals surface area (Å²) < 4.78 is 5.45. The van der Waals surface area contributed by atoms with E-state index in [9.17, 15) is 0 Å². The smallest absolute Gasteiger partial charge is 0.0937 e. The van der Waals surface area contributed by atoms with Crippen LogP contribution in [0.3, 0.4) is 0 Å². The van der Waals surface area contributed by atoms with Crippen LogP contribution in [0.15, 0.2) is 0 Å². The number of hydrogen-bond donors (Lipinski definition) is 0. The summed E-state index contributed by atoms with van der Waals surface area (Å²) in [5, 5.41) is 1.20. The molecule has 2 nitrogen and oxygen atoms in total. The van der Waals surface area contributed by atoms with E-state index in [1.165, 1.54) is 9.88 Å². The van der Waals surface area contributed by atoms with Gasteiger partial charge >= 0.3 is 0 Å². The zero-order valence-corrected chi connectivity index (χ0v) is 10.7. The molecule has 2 rings (SSSR count). The SMILES string of the molecule is Cc1nc(CC2(CCl)CCOC2)sc1C. The van der Waals surface area contributed by atoms with Gasteiger partial charge in [-0.05, 0) is 20.3 Å². The second kappa shape index (κ2) is 4.40. The van der Waals surface area contributed by atoms with Gasteiger partial charge in [0.25, 0.3) is 0 Å². The maximum Gasteiger partial charge on any atom is 0.0937 e. The number of hydrogen-bond acceptors (Lipinski definition) is 3. The highest BCUT2D eigenvalue weighted by atomic mass is 35.5. The average Bonchev–Trinajstić information content (AvgIpc) is 2.77. The van der Waals surface area contributed by atoms with Gasteiger partial charge in [-0.2, -0.15) is 0 Å². The number of nitrogens with zero attached hydrogens (tertiary/aromatic N) is 1. The number of thiazole rings is 1. The Hall–Kier alpha value is -0.120. The summed E-state index contributed by atoms with van der Waals surface area (Å²) in [5.41, 5.74) is 1.29. The van der Waals surface area contributed by atoms with Crippen LogP contribution < -0.4 is 0 Å². The summed E-state index contributed by atoms with van der Waals surface area (Å²) >= 11 is 7.85. The largest absolute Gasteiger partial charge is 0.381 e. The molecule has 1 saturated heterocycles. The molecule has 2 heterocycles. The van der Waals surface area contributed by atoms with Crippen molar-refractivity contribution in [3.8, 4) is 0 Å². The maximum atomic E-state index is 6.06. The first-order chi connectivity index (χ1) is 7.15. The molecule has 4 heteroatoms. The number of alkyl halides is 1. The Balaban J connectivity index is 2.12. The first-order valence-electron chi connectivity index (χ1n) is 5.22. The van der Waals surface area contributed by atoms with Gasteiger partial charge in [0.1, 0.15) is 0 Å². The van der Waals surface area contributed by atoms with Crippen LogP contribution in [0.4, 0.5) is 0 Å². The highest BCUT2D eigenvalue weighted by Gasteiger charge is 2.35. The van der Waals surface area contributed by atoms with Gasteiger partial charge in [0.15, 0.2) is 0 Å². The molecule has 0 bridgehead atoms. The van der Waals surface area contributed by atoms with Gasteiger partial charge in [-0.3, -0.25) is 0 Å². The van der Waals surface area contributed by atoms with Crippen LogP contribution >= 0.6 is 22.9 Å². The third-order valence-electron chi connectivity index (χ3n) is 3.07. The van der Waals surface area contributed by atoms with E-state index in [1.54, 1.807) is 11.3 Å². The highest BCUT2D eigenvalue weighted by molar-refractivity contribution is 7.11. The Morgan fingerprint density at radius 2 is 2.33 bits per heavy atom. The molecule has 1 unspecified atom stereocenters. The van der Waals surface area contributed by atoms with Crippen LogP contribution in [0.25, 0.3) is 0 Å². The molecule has 1 aromatic heterocycles. The van der Waals surface area contributed by atoms with E-state index in [1.807, 2.05) is 0 Å². The van der Waals surface area contributed by atoms with Crippen LogP contribution in [0.5, 0.6) is 0 Å². The van der Waals surface area contributed by atoms with Gasteiger partial charge in [-0.1, -0.05) is 0 Å². The van der Waals surface area contributed by atoms with Crippen molar-refractivity contribution in [3.63, 3.8) is 0 Å². The Morgan fingerprint density at radius 1 is 1.53 bits per heavy atom. The fraction of sp³-hybridized carbons (Fsp3) is 0.727. The Kier molecular flexibility index (Phi) is 3.33. The number of aryl methyl sites for hydroxylation is 2. The van der Waals surface area contributed by atoms with Crippen molar-refractivity contribution in [1.29, 1.82) is 0 Å². The molecule has 0 saturated carbocycles. The van der Waals surface area contributed by atoms with Gasteiger partial charge in [0.2, 0.25) is 0 Å². The topological polar surface area (TPSA) is 22.1 Å². The molecule has 1 aliphatic rings. The van der Waals surface area contributed by atoms with E-state index < -0.39 is 0 Å². The molecule has 1 fully saturated rings. The Labute approximate surface area is 99.6 Å². The van der Waals surface area contributed by atoms with Crippen LogP contribution in [-0.2, 0) is 11.2 Å². The zero-order chi connectivity index (χ0) is 10.9. The van der Waals surface area contributed by atoms with E-state index >= 15 is 0 Å². The predicted octanol–water partition coefficient (Wildman–Crippen LogP) is 2.95. The lowest BCUT2D eigenvalue weighted by Crippen LogP contribution is -2.26. The predicted molar refractivity (Wildman–Crippen MR) is 63.9 cm³/mol. The molecule has 0 spiro atoms. The average molecular weight is 246 g/mol. The van der Waals surface area contributed by atoms with E-state index in [0.29, 0.717) is 5.88 Å². The van der Waals surface area contributed by atoms with Crippen LogP contribution in [0, 0.1) is 19.3 Å².